The second-order valence-electron chi connectivity index (χ2n) is 6.94. The van der Waals surface area contributed by atoms with Gasteiger partial charge in [-0.05, 0) is 55.8 Å². The Morgan fingerprint density at radius 1 is 1.04 bits per heavy atom. The van der Waals surface area contributed by atoms with E-state index in [1.807, 2.05) is 0 Å². The van der Waals surface area contributed by atoms with Crippen molar-refractivity contribution in [3.8, 4) is 0 Å². The molecule has 0 saturated carbocycles. The summed E-state index contributed by atoms with van der Waals surface area (Å²) in [5, 5.41) is 3.83. The minimum atomic E-state index is -0.187. The lowest BCUT2D eigenvalue weighted by atomic mass is 10.1. The van der Waals surface area contributed by atoms with Gasteiger partial charge in [-0.2, -0.15) is 0 Å². The third-order valence-electron chi connectivity index (χ3n) is 4.91. The predicted octanol–water partition coefficient (Wildman–Crippen LogP) is 4.11. The van der Waals surface area contributed by atoms with Crippen LogP contribution < -0.4 is 10.2 Å². The van der Waals surface area contributed by atoms with Gasteiger partial charge in [0.2, 0.25) is 0 Å². The fourth-order valence-corrected chi connectivity index (χ4v) is 3.57. The van der Waals surface area contributed by atoms with Crippen molar-refractivity contribution >= 4 is 34.8 Å². The van der Waals surface area contributed by atoms with E-state index in [-0.39, 0.29) is 5.91 Å². The number of carbonyl (C=O) groups is 1. The van der Waals surface area contributed by atoms with Gasteiger partial charge in [-0.1, -0.05) is 35.3 Å². The van der Waals surface area contributed by atoms with Gasteiger partial charge < -0.3 is 15.1 Å². The fourth-order valence-electron chi connectivity index (χ4n) is 3.20. The summed E-state index contributed by atoms with van der Waals surface area (Å²) in [6, 6.07) is 13.7. The summed E-state index contributed by atoms with van der Waals surface area (Å²) in [7, 11) is 2.17. The van der Waals surface area contributed by atoms with Crippen molar-refractivity contribution in [1.82, 2.24) is 10.2 Å². The second-order valence-corrected chi connectivity index (χ2v) is 7.78. The van der Waals surface area contributed by atoms with Crippen molar-refractivity contribution in [2.75, 3.05) is 44.7 Å². The average Bonchev–Trinajstić information content (AvgIpc) is 2.68. The first-order chi connectivity index (χ1) is 13.0. The normalized spacial score (nSPS) is 15.0. The minimum absolute atomic E-state index is 0.187. The highest BCUT2D eigenvalue weighted by Gasteiger charge is 2.14. The maximum atomic E-state index is 12.2. The van der Waals surface area contributed by atoms with Gasteiger partial charge in [0.05, 0.1) is 10.6 Å². The lowest BCUT2D eigenvalue weighted by Gasteiger charge is -2.34. The molecule has 0 aromatic heterocycles. The summed E-state index contributed by atoms with van der Waals surface area (Å²) in [5.41, 5.74) is 2.99. The number of likely N-dealkylation sites (N-methyl/N-ethyl adjacent to an activating group) is 1. The van der Waals surface area contributed by atoms with Gasteiger partial charge in [0.15, 0.2) is 0 Å². The van der Waals surface area contributed by atoms with Gasteiger partial charge in [0.25, 0.3) is 5.91 Å². The summed E-state index contributed by atoms with van der Waals surface area (Å²) in [4.78, 5) is 17.0. The van der Waals surface area contributed by atoms with Gasteiger partial charge in [-0.3, -0.25) is 4.79 Å². The molecule has 0 aliphatic carbocycles. The molecule has 0 unspecified atom stereocenters. The Morgan fingerprint density at radius 3 is 2.44 bits per heavy atom. The first-order valence-electron chi connectivity index (χ1n) is 9.28. The maximum Gasteiger partial charge on any atom is 0.252 e. The molecule has 1 aliphatic heterocycles. The maximum absolute atomic E-state index is 12.2. The van der Waals surface area contributed by atoms with E-state index in [1.54, 1.807) is 18.2 Å². The van der Waals surface area contributed by atoms with Crippen molar-refractivity contribution < 1.29 is 4.79 Å². The molecular formula is C21H25Cl2N3O. The van der Waals surface area contributed by atoms with Gasteiger partial charge in [0, 0.05) is 43.4 Å². The van der Waals surface area contributed by atoms with E-state index >= 15 is 0 Å². The monoisotopic (exact) mass is 405 g/mol. The van der Waals surface area contributed by atoms with Crippen LogP contribution in [0.5, 0.6) is 0 Å². The third kappa shape index (κ3) is 5.61. The number of hydrogen-bond acceptors (Lipinski definition) is 3. The van der Waals surface area contributed by atoms with Crippen LogP contribution in [0.4, 0.5) is 5.69 Å². The van der Waals surface area contributed by atoms with E-state index in [2.05, 4.69) is 46.4 Å². The molecule has 1 fully saturated rings. The van der Waals surface area contributed by atoms with Gasteiger partial charge in [-0.25, -0.2) is 0 Å². The van der Waals surface area contributed by atoms with E-state index in [4.69, 9.17) is 23.2 Å². The molecule has 144 valence electrons. The number of carbonyl (C=O) groups excluding carboxylic acids is 1. The zero-order valence-corrected chi connectivity index (χ0v) is 17.1. The molecule has 2 aromatic rings. The number of halogens is 2. The molecule has 1 amide bonds. The number of piperazine rings is 1. The Bertz CT molecular complexity index is 771. The highest BCUT2D eigenvalue weighted by atomic mass is 35.5. The number of nitrogens with one attached hydrogen (secondary N) is 1. The van der Waals surface area contributed by atoms with Crippen LogP contribution in [0.1, 0.15) is 22.3 Å². The van der Waals surface area contributed by atoms with E-state index in [0.717, 1.165) is 39.0 Å². The lowest BCUT2D eigenvalue weighted by molar-refractivity contribution is 0.0953. The first-order valence-corrected chi connectivity index (χ1v) is 10.0. The van der Waals surface area contributed by atoms with E-state index in [9.17, 15) is 4.79 Å². The third-order valence-corrected chi connectivity index (χ3v) is 5.47. The Labute approximate surface area is 171 Å². The zero-order valence-electron chi connectivity index (χ0n) is 15.5. The quantitative estimate of drug-likeness (QED) is 0.734. The Hall–Kier alpha value is -1.75. The second kappa shape index (κ2) is 9.45. The van der Waals surface area contributed by atoms with Crippen LogP contribution in [0.15, 0.2) is 42.5 Å². The standard InChI is InChI=1S/C21H25Cl2N3O/c1-25-11-13-26(14-12-25)18-7-4-16(5-8-18)3-2-10-24-21(27)19-15-17(22)6-9-20(19)23/h4-9,15H,2-3,10-14H2,1H3,(H,24,27). The highest BCUT2D eigenvalue weighted by Crippen LogP contribution is 2.20. The van der Waals surface area contributed by atoms with Crippen LogP contribution in [0.3, 0.4) is 0 Å². The summed E-state index contributed by atoms with van der Waals surface area (Å²) >= 11 is 12.0. The zero-order chi connectivity index (χ0) is 19.2. The van der Waals surface area contributed by atoms with Crippen LogP contribution in [0.2, 0.25) is 10.0 Å². The van der Waals surface area contributed by atoms with Crippen LogP contribution in [0, 0.1) is 0 Å². The number of benzene rings is 2. The largest absolute Gasteiger partial charge is 0.369 e. The molecule has 1 aliphatic rings. The van der Waals surface area contributed by atoms with E-state index in [1.165, 1.54) is 11.3 Å². The molecule has 0 bridgehead atoms. The molecule has 1 saturated heterocycles. The highest BCUT2D eigenvalue weighted by molar-refractivity contribution is 6.35. The molecule has 1 heterocycles. The minimum Gasteiger partial charge on any atom is -0.369 e. The van der Waals surface area contributed by atoms with Crippen LogP contribution in [0.25, 0.3) is 0 Å². The van der Waals surface area contributed by atoms with E-state index < -0.39 is 0 Å². The number of hydrogen-bond donors (Lipinski definition) is 1. The molecule has 0 radical (unpaired) electrons. The van der Waals surface area contributed by atoms with Crippen molar-refractivity contribution in [2.45, 2.75) is 12.8 Å². The molecule has 0 spiro atoms. The van der Waals surface area contributed by atoms with Crippen molar-refractivity contribution in [2.24, 2.45) is 0 Å². The number of rotatable bonds is 6. The van der Waals surface area contributed by atoms with E-state index in [0.29, 0.717) is 22.2 Å². The topological polar surface area (TPSA) is 35.6 Å². The lowest BCUT2D eigenvalue weighted by Crippen LogP contribution is -2.44. The van der Waals surface area contributed by atoms with Crippen LogP contribution >= 0.6 is 23.2 Å². The van der Waals surface area contributed by atoms with Crippen LogP contribution in [-0.2, 0) is 6.42 Å². The Kier molecular flexibility index (Phi) is 7.00. The predicted molar refractivity (Wildman–Crippen MR) is 113 cm³/mol. The molecule has 27 heavy (non-hydrogen) atoms. The summed E-state index contributed by atoms with van der Waals surface area (Å²) in [6.45, 7) is 4.97. The summed E-state index contributed by atoms with van der Waals surface area (Å²) in [5.74, 6) is -0.187. The fraction of sp³-hybridized carbons (Fsp3) is 0.381. The molecule has 3 rings (SSSR count). The molecule has 6 heteroatoms. The molecule has 4 nitrogen and oxygen atoms in total. The summed E-state index contributed by atoms with van der Waals surface area (Å²) in [6.07, 6.45) is 1.80. The smallest absolute Gasteiger partial charge is 0.252 e. The van der Waals surface area contributed by atoms with Crippen molar-refractivity contribution in [3.05, 3.63) is 63.6 Å². The van der Waals surface area contributed by atoms with Crippen LogP contribution in [-0.4, -0.2) is 50.6 Å². The number of amides is 1. The van der Waals surface area contributed by atoms with Gasteiger partial charge >= 0.3 is 0 Å². The summed E-state index contributed by atoms with van der Waals surface area (Å²) < 4.78 is 0. The molecule has 2 aromatic carbocycles. The van der Waals surface area contributed by atoms with Crippen molar-refractivity contribution in [1.29, 1.82) is 0 Å². The van der Waals surface area contributed by atoms with Gasteiger partial charge in [0.1, 0.15) is 0 Å². The molecule has 1 N–H and O–H groups in total. The number of anilines is 1. The SMILES string of the molecule is CN1CCN(c2ccc(CCCNC(=O)c3cc(Cl)ccc3Cl)cc2)CC1. The Balaban J connectivity index is 1.44. The Morgan fingerprint density at radius 2 is 1.74 bits per heavy atom. The average molecular weight is 406 g/mol. The number of nitrogens with zero attached hydrogens (tertiary/aromatic N) is 2. The van der Waals surface area contributed by atoms with Gasteiger partial charge in [-0.15, -0.1) is 0 Å². The first kappa shape index (κ1) is 20.0. The molecule has 0 atom stereocenters. The number of aryl methyl sites for hydroxylation is 1. The van der Waals surface area contributed by atoms with Crippen molar-refractivity contribution in [3.63, 3.8) is 0 Å². The molecular weight excluding hydrogens is 381 g/mol.